The van der Waals surface area contributed by atoms with Crippen LogP contribution in [-0.4, -0.2) is 29.6 Å². The molecule has 2 nitrogen and oxygen atoms in total. The fourth-order valence-corrected chi connectivity index (χ4v) is 6.09. The number of rotatable bonds is 5. The van der Waals surface area contributed by atoms with Crippen molar-refractivity contribution in [2.24, 2.45) is 0 Å². The van der Waals surface area contributed by atoms with Gasteiger partial charge in [0.1, 0.15) is 0 Å². The number of aryl methyl sites for hydroxylation is 1. The molecule has 0 aliphatic rings. The molecule has 0 saturated carbocycles. The van der Waals surface area contributed by atoms with Crippen LogP contribution in [0.15, 0.2) is 48.5 Å². The van der Waals surface area contributed by atoms with E-state index in [1.807, 2.05) is 36.1 Å². The Morgan fingerprint density at radius 2 is 1.56 bits per heavy atom. The van der Waals surface area contributed by atoms with Crippen LogP contribution in [0.4, 0.5) is 0 Å². The Morgan fingerprint density at radius 3 is 2.08 bits per heavy atom. The predicted molar refractivity (Wildman–Crippen MR) is 114 cm³/mol. The molecule has 0 spiro atoms. The summed E-state index contributed by atoms with van der Waals surface area (Å²) in [7, 11) is 0. The first kappa shape index (κ1) is 19.9. The Kier molecular flexibility index (Phi) is 6.24. The van der Waals surface area contributed by atoms with Gasteiger partial charge in [-0.05, 0) is 52.7 Å². The van der Waals surface area contributed by atoms with E-state index >= 15 is 0 Å². The summed E-state index contributed by atoms with van der Waals surface area (Å²) in [6.45, 7) is 12.4. The molecular formula is C21H28NOPS. The Labute approximate surface area is 157 Å². The van der Waals surface area contributed by atoms with Crippen LogP contribution in [0.2, 0.25) is 0 Å². The van der Waals surface area contributed by atoms with Gasteiger partial charge in [-0.1, -0.05) is 59.8 Å². The number of nitrogens with zero attached hydrogens (tertiary/aromatic N) is 1. The van der Waals surface area contributed by atoms with Crippen molar-refractivity contribution in [2.45, 2.75) is 46.7 Å². The molecule has 2 aromatic carbocycles. The second kappa shape index (κ2) is 7.85. The van der Waals surface area contributed by atoms with Crippen LogP contribution in [0.25, 0.3) is 0 Å². The number of hydrogen-bond donors (Lipinski definition) is 0. The average molecular weight is 374 g/mol. The molecule has 0 bridgehead atoms. The third-order valence-electron chi connectivity index (χ3n) is 4.44. The van der Waals surface area contributed by atoms with Crippen molar-refractivity contribution < 1.29 is 4.79 Å². The maximum absolute atomic E-state index is 13.4. The van der Waals surface area contributed by atoms with E-state index in [9.17, 15) is 4.79 Å². The summed E-state index contributed by atoms with van der Waals surface area (Å²) in [5, 5.41) is 2.15. The quantitative estimate of drug-likeness (QED) is 0.728. The van der Waals surface area contributed by atoms with Crippen molar-refractivity contribution >= 4 is 34.4 Å². The number of benzene rings is 2. The van der Waals surface area contributed by atoms with E-state index in [0.717, 1.165) is 21.7 Å². The first-order chi connectivity index (χ1) is 11.7. The van der Waals surface area contributed by atoms with E-state index in [-0.39, 0.29) is 18.0 Å². The predicted octanol–water partition coefficient (Wildman–Crippen LogP) is 4.31. The summed E-state index contributed by atoms with van der Waals surface area (Å²) in [5.74, 6) is 0.0794. The van der Waals surface area contributed by atoms with Crippen LogP contribution in [0.3, 0.4) is 0 Å². The van der Waals surface area contributed by atoms with Crippen molar-refractivity contribution in [1.29, 1.82) is 0 Å². The molecule has 4 heteroatoms. The molecular weight excluding hydrogens is 345 g/mol. The van der Waals surface area contributed by atoms with Crippen LogP contribution in [0, 0.1) is 6.92 Å². The zero-order chi connectivity index (χ0) is 18.8. The summed E-state index contributed by atoms with van der Waals surface area (Å²) < 4.78 is 0. The third kappa shape index (κ3) is 4.22. The third-order valence-corrected chi connectivity index (χ3v) is 8.25. The lowest BCUT2D eigenvalue weighted by molar-refractivity contribution is 0.0645. The van der Waals surface area contributed by atoms with E-state index in [1.54, 1.807) is 0 Å². The molecule has 1 amide bonds. The van der Waals surface area contributed by atoms with Crippen LogP contribution in [-0.2, 0) is 11.8 Å². The summed E-state index contributed by atoms with van der Waals surface area (Å²) >= 11 is 6.08. The molecule has 2 rings (SSSR count). The smallest absolute Gasteiger partial charge is 0.255 e. The molecule has 0 fully saturated rings. The summed E-state index contributed by atoms with van der Waals surface area (Å²) in [6, 6.07) is 14.6. The monoisotopic (exact) mass is 373 g/mol. The van der Waals surface area contributed by atoms with Gasteiger partial charge in [-0.15, -0.1) is 0 Å². The van der Waals surface area contributed by atoms with Gasteiger partial charge in [-0.2, -0.15) is 0 Å². The lowest BCUT2D eigenvalue weighted by Gasteiger charge is -2.32. The molecule has 1 atom stereocenters. The highest BCUT2D eigenvalue weighted by Gasteiger charge is 2.28. The van der Waals surface area contributed by atoms with Crippen molar-refractivity contribution in [1.82, 2.24) is 4.90 Å². The SMILES string of the molecule is Cc1ccc(P(C)(=S)c2ccccc2)c(C(=O)N(C(C)C)C(C)C)c1. The molecule has 2 aromatic rings. The molecule has 134 valence electrons. The molecule has 25 heavy (non-hydrogen) atoms. The van der Waals surface area contributed by atoms with Gasteiger partial charge in [0, 0.05) is 29.0 Å². The van der Waals surface area contributed by atoms with E-state index in [2.05, 4.69) is 58.6 Å². The Morgan fingerprint density at radius 1 is 1.00 bits per heavy atom. The maximum atomic E-state index is 13.4. The zero-order valence-corrected chi connectivity index (χ0v) is 17.7. The largest absolute Gasteiger partial charge is 0.334 e. The van der Waals surface area contributed by atoms with Gasteiger partial charge in [-0.3, -0.25) is 4.79 Å². The average Bonchev–Trinajstić information content (AvgIpc) is 2.54. The topological polar surface area (TPSA) is 20.3 Å². The van der Waals surface area contributed by atoms with Gasteiger partial charge >= 0.3 is 0 Å². The number of carbonyl (C=O) groups is 1. The lowest BCUT2D eigenvalue weighted by atomic mass is 10.1. The highest BCUT2D eigenvalue weighted by atomic mass is 32.4. The Balaban J connectivity index is 2.63. The van der Waals surface area contributed by atoms with E-state index in [4.69, 9.17) is 11.8 Å². The summed E-state index contributed by atoms with van der Waals surface area (Å²) in [4.78, 5) is 15.3. The van der Waals surface area contributed by atoms with Crippen molar-refractivity contribution in [3.63, 3.8) is 0 Å². The minimum absolute atomic E-state index is 0.0794. The number of carbonyl (C=O) groups excluding carboxylic acids is 1. The van der Waals surface area contributed by atoms with Crippen LogP contribution >= 0.6 is 6.04 Å². The van der Waals surface area contributed by atoms with Crippen LogP contribution in [0.5, 0.6) is 0 Å². The molecule has 0 N–H and O–H groups in total. The number of amides is 1. The van der Waals surface area contributed by atoms with Gasteiger partial charge < -0.3 is 4.90 Å². The molecule has 0 aromatic heterocycles. The zero-order valence-electron chi connectivity index (χ0n) is 16.0. The molecule has 0 aliphatic heterocycles. The van der Waals surface area contributed by atoms with E-state index in [1.165, 1.54) is 0 Å². The normalized spacial score (nSPS) is 13.8. The van der Waals surface area contributed by atoms with Gasteiger partial charge in [0.25, 0.3) is 5.91 Å². The van der Waals surface area contributed by atoms with Crippen LogP contribution in [0.1, 0.15) is 43.6 Å². The minimum atomic E-state index is -2.02. The second-order valence-electron chi connectivity index (χ2n) is 7.18. The highest BCUT2D eigenvalue weighted by molar-refractivity contribution is 8.21. The minimum Gasteiger partial charge on any atom is -0.334 e. The molecule has 0 saturated heterocycles. The summed E-state index contributed by atoms with van der Waals surface area (Å²) in [5.41, 5.74) is 1.85. The van der Waals surface area contributed by atoms with Gasteiger partial charge in [0.15, 0.2) is 0 Å². The van der Waals surface area contributed by atoms with Gasteiger partial charge in [0.2, 0.25) is 0 Å². The van der Waals surface area contributed by atoms with Crippen molar-refractivity contribution in [2.75, 3.05) is 6.66 Å². The Bertz CT molecular complexity index is 791. The van der Waals surface area contributed by atoms with E-state index in [0.29, 0.717) is 0 Å². The first-order valence-electron chi connectivity index (χ1n) is 8.73. The molecule has 1 unspecified atom stereocenters. The fourth-order valence-electron chi connectivity index (χ4n) is 3.25. The second-order valence-corrected chi connectivity index (χ2v) is 12.2. The van der Waals surface area contributed by atoms with Crippen LogP contribution < -0.4 is 10.6 Å². The standard InChI is InChI=1S/C21H28NOPS/c1-15(2)22(16(3)4)21(23)19-14-17(5)12-13-20(19)24(6,25)18-10-8-7-9-11-18/h7-16H,1-6H3. The van der Waals surface area contributed by atoms with Crippen molar-refractivity contribution in [3.8, 4) is 0 Å². The lowest BCUT2D eigenvalue weighted by Crippen LogP contribution is -2.43. The van der Waals surface area contributed by atoms with Crippen molar-refractivity contribution in [3.05, 3.63) is 59.7 Å². The van der Waals surface area contributed by atoms with Gasteiger partial charge in [-0.25, -0.2) is 0 Å². The summed E-state index contributed by atoms with van der Waals surface area (Å²) in [6.07, 6.45) is 0. The molecule has 0 heterocycles. The Hall–Kier alpha value is -1.44. The maximum Gasteiger partial charge on any atom is 0.255 e. The first-order valence-corrected chi connectivity index (χ1v) is 12.0. The number of hydrogen-bond acceptors (Lipinski definition) is 2. The van der Waals surface area contributed by atoms with E-state index < -0.39 is 6.04 Å². The molecule has 0 radical (unpaired) electrons. The highest BCUT2D eigenvalue weighted by Crippen LogP contribution is 2.40. The van der Waals surface area contributed by atoms with Gasteiger partial charge in [0.05, 0.1) is 0 Å². The fraction of sp³-hybridized carbons (Fsp3) is 0.381. The molecule has 0 aliphatic carbocycles.